The third-order valence-corrected chi connectivity index (χ3v) is 4.03. The van der Waals surface area contributed by atoms with Crippen molar-refractivity contribution in [3.05, 3.63) is 22.3 Å². The molecule has 1 aromatic rings. The minimum Gasteiger partial charge on any atom is -0.370 e. The predicted molar refractivity (Wildman–Crippen MR) is 79.1 cm³/mol. The van der Waals surface area contributed by atoms with Crippen molar-refractivity contribution in [1.82, 2.24) is 15.2 Å². The smallest absolute Gasteiger partial charge is 0.126 e. The fraction of sp³-hybridized carbons (Fsp3) is 0.615. The third-order valence-electron chi connectivity index (χ3n) is 3.19. The second-order valence-corrected chi connectivity index (χ2v) is 5.49. The maximum atomic E-state index is 4.48. The third kappa shape index (κ3) is 4.23. The van der Waals surface area contributed by atoms with Gasteiger partial charge in [-0.05, 0) is 48.0 Å². The summed E-state index contributed by atoms with van der Waals surface area (Å²) < 4.78 is 1.06. The quantitative estimate of drug-likeness (QED) is 0.814. The van der Waals surface area contributed by atoms with E-state index in [2.05, 4.69) is 36.4 Å². The van der Waals surface area contributed by atoms with E-state index in [4.69, 9.17) is 0 Å². The van der Waals surface area contributed by atoms with Crippen LogP contribution in [0.5, 0.6) is 0 Å². The summed E-state index contributed by atoms with van der Waals surface area (Å²) in [5, 5.41) is 6.75. The molecule has 0 spiro atoms. The van der Waals surface area contributed by atoms with E-state index in [1.807, 2.05) is 19.1 Å². The van der Waals surface area contributed by atoms with Crippen LogP contribution in [0.4, 0.5) is 5.82 Å². The lowest BCUT2D eigenvalue weighted by Crippen LogP contribution is -2.44. The lowest BCUT2D eigenvalue weighted by molar-refractivity contribution is 0.240. The summed E-state index contributed by atoms with van der Waals surface area (Å²) in [5.74, 6) is 0.969. The van der Waals surface area contributed by atoms with Crippen molar-refractivity contribution in [1.29, 1.82) is 0 Å². The Bertz CT molecular complexity index is 377. The number of pyridine rings is 1. The van der Waals surface area contributed by atoms with Gasteiger partial charge in [-0.2, -0.15) is 0 Å². The van der Waals surface area contributed by atoms with Crippen molar-refractivity contribution >= 4 is 21.7 Å². The first-order chi connectivity index (χ1) is 8.75. The first kappa shape index (κ1) is 13.8. The Hall–Kier alpha value is -0.650. The molecule has 2 rings (SSSR count). The zero-order chi connectivity index (χ0) is 12.8. The van der Waals surface area contributed by atoms with Crippen molar-refractivity contribution < 1.29 is 0 Å². The Morgan fingerprint density at radius 2 is 2.17 bits per heavy atom. The number of halogens is 1. The Labute approximate surface area is 117 Å². The van der Waals surface area contributed by atoms with E-state index in [-0.39, 0.29) is 0 Å². The summed E-state index contributed by atoms with van der Waals surface area (Å²) in [6.07, 6.45) is 1.16. The normalized spacial score (nSPS) is 16.8. The lowest BCUT2D eigenvalue weighted by atomic mass is 10.3. The highest BCUT2D eigenvalue weighted by molar-refractivity contribution is 9.10. The summed E-state index contributed by atoms with van der Waals surface area (Å²) in [5.41, 5.74) is 1.03. The van der Waals surface area contributed by atoms with E-state index < -0.39 is 0 Å². The van der Waals surface area contributed by atoms with Gasteiger partial charge in [-0.3, -0.25) is 0 Å². The van der Waals surface area contributed by atoms with E-state index in [0.29, 0.717) is 0 Å². The van der Waals surface area contributed by atoms with E-state index in [1.165, 1.54) is 19.6 Å². The molecule has 0 bridgehead atoms. The van der Waals surface area contributed by atoms with Crippen LogP contribution in [0, 0.1) is 6.92 Å². The summed E-state index contributed by atoms with van der Waals surface area (Å²) in [7, 11) is 0. The van der Waals surface area contributed by atoms with Crippen LogP contribution in [-0.4, -0.2) is 49.2 Å². The molecule has 0 atom stereocenters. The van der Waals surface area contributed by atoms with Crippen molar-refractivity contribution in [3.8, 4) is 0 Å². The molecule has 0 saturated carbocycles. The van der Waals surface area contributed by atoms with E-state index >= 15 is 0 Å². The van der Waals surface area contributed by atoms with Gasteiger partial charge in [0.2, 0.25) is 0 Å². The van der Waals surface area contributed by atoms with Crippen LogP contribution < -0.4 is 10.6 Å². The molecule has 0 radical (unpaired) electrons. The van der Waals surface area contributed by atoms with Gasteiger partial charge in [0.25, 0.3) is 0 Å². The number of rotatable bonds is 5. The van der Waals surface area contributed by atoms with Crippen molar-refractivity contribution in [2.45, 2.75) is 13.3 Å². The molecular weight excluding hydrogens is 292 g/mol. The summed E-state index contributed by atoms with van der Waals surface area (Å²) in [4.78, 5) is 6.99. The zero-order valence-corrected chi connectivity index (χ0v) is 12.5. The molecule has 0 aromatic carbocycles. The molecule has 0 aliphatic carbocycles. The number of aryl methyl sites for hydroxylation is 1. The number of nitrogens with zero attached hydrogens (tertiary/aromatic N) is 2. The second-order valence-electron chi connectivity index (χ2n) is 4.64. The number of piperazine rings is 1. The van der Waals surface area contributed by atoms with Gasteiger partial charge in [-0.25, -0.2) is 4.98 Å². The molecule has 1 fully saturated rings. The molecule has 1 saturated heterocycles. The van der Waals surface area contributed by atoms with E-state index in [9.17, 15) is 0 Å². The van der Waals surface area contributed by atoms with E-state index in [0.717, 1.165) is 42.0 Å². The number of hydrogen-bond acceptors (Lipinski definition) is 4. The van der Waals surface area contributed by atoms with E-state index in [1.54, 1.807) is 0 Å². The SMILES string of the molecule is Cc1nc(NCCCN2CCNCC2)ccc1Br. The molecule has 18 heavy (non-hydrogen) atoms. The molecule has 100 valence electrons. The maximum absolute atomic E-state index is 4.48. The van der Waals surface area contributed by atoms with Crippen LogP contribution in [0.25, 0.3) is 0 Å². The Balaban J connectivity index is 1.66. The summed E-state index contributed by atoms with van der Waals surface area (Å²) in [6.45, 7) is 8.77. The molecule has 0 unspecified atom stereocenters. The molecule has 5 heteroatoms. The first-order valence-electron chi connectivity index (χ1n) is 6.56. The van der Waals surface area contributed by atoms with Gasteiger partial charge < -0.3 is 15.5 Å². The lowest BCUT2D eigenvalue weighted by Gasteiger charge is -2.27. The molecule has 4 nitrogen and oxygen atoms in total. The summed E-state index contributed by atoms with van der Waals surface area (Å²) >= 11 is 3.46. The van der Waals surface area contributed by atoms with Crippen LogP contribution in [-0.2, 0) is 0 Å². The van der Waals surface area contributed by atoms with Crippen molar-refractivity contribution in [2.75, 3.05) is 44.6 Å². The number of anilines is 1. The number of nitrogens with one attached hydrogen (secondary N) is 2. The van der Waals surface area contributed by atoms with Crippen molar-refractivity contribution in [3.63, 3.8) is 0 Å². The number of aromatic nitrogens is 1. The molecule has 2 N–H and O–H groups in total. The second kappa shape index (κ2) is 7.07. The highest BCUT2D eigenvalue weighted by Gasteiger charge is 2.08. The van der Waals surface area contributed by atoms with Crippen LogP contribution in [0.15, 0.2) is 16.6 Å². The van der Waals surface area contributed by atoms with Gasteiger partial charge in [0, 0.05) is 37.2 Å². The predicted octanol–water partition coefficient (Wildman–Crippen LogP) is 1.86. The molecule has 2 heterocycles. The zero-order valence-electron chi connectivity index (χ0n) is 10.9. The van der Waals surface area contributed by atoms with Gasteiger partial charge in [-0.15, -0.1) is 0 Å². The van der Waals surface area contributed by atoms with Crippen LogP contribution in [0.3, 0.4) is 0 Å². The van der Waals surface area contributed by atoms with Gasteiger partial charge >= 0.3 is 0 Å². The Morgan fingerprint density at radius 1 is 1.39 bits per heavy atom. The monoisotopic (exact) mass is 312 g/mol. The van der Waals surface area contributed by atoms with Gasteiger partial charge in [-0.1, -0.05) is 0 Å². The highest BCUT2D eigenvalue weighted by atomic mass is 79.9. The molecule has 0 amide bonds. The largest absolute Gasteiger partial charge is 0.370 e. The average molecular weight is 313 g/mol. The van der Waals surface area contributed by atoms with Gasteiger partial charge in [0.1, 0.15) is 5.82 Å². The van der Waals surface area contributed by atoms with Crippen LogP contribution in [0.2, 0.25) is 0 Å². The first-order valence-corrected chi connectivity index (χ1v) is 7.35. The standard InChI is InChI=1S/C13H21BrN4/c1-11-12(14)3-4-13(17-11)16-5-2-8-18-9-6-15-7-10-18/h3-4,15H,2,5-10H2,1H3,(H,16,17). The van der Waals surface area contributed by atoms with Gasteiger partial charge in [0.15, 0.2) is 0 Å². The fourth-order valence-electron chi connectivity index (χ4n) is 2.10. The minimum absolute atomic E-state index is 0.969. The summed E-state index contributed by atoms with van der Waals surface area (Å²) in [6, 6.07) is 4.06. The molecular formula is C13H21BrN4. The Morgan fingerprint density at radius 3 is 2.89 bits per heavy atom. The Kier molecular flexibility index (Phi) is 5.41. The van der Waals surface area contributed by atoms with Crippen LogP contribution >= 0.6 is 15.9 Å². The maximum Gasteiger partial charge on any atom is 0.126 e. The molecule has 1 aliphatic heterocycles. The highest BCUT2D eigenvalue weighted by Crippen LogP contribution is 2.15. The van der Waals surface area contributed by atoms with Crippen molar-refractivity contribution in [2.24, 2.45) is 0 Å². The average Bonchev–Trinajstić information content (AvgIpc) is 2.40. The fourth-order valence-corrected chi connectivity index (χ4v) is 2.32. The topological polar surface area (TPSA) is 40.2 Å². The number of hydrogen-bond donors (Lipinski definition) is 2. The van der Waals surface area contributed by atoms with Gasteiger partial charge in [0.05, 0.1) is 5.69 Å². The molecule has 1 aromatic heterocycles. The van der Waals surface area contributed by atoms with Crippen LogP contribution in [0.1, 0.15) is 12.1 Å². The molecule has 1 aliphatic rings. The minimum atomic E-state index is 0.969.